The maximum atomic E-state index is 11.8. The summed E-state index contributed by atoms with van der Waals surface area (Å²) < 4.78 is 0. The number of carbonyl (C=O) groups is 1. The minimum Gasteiger partial charge on any atom is -0.380 e. The van der Waals surface area contributed by atoms with Crippen LogP contribution in [0.1, 0.15) is 21.5 Å². The van der Waals surface area contributed by atoms with Crippen LogP contribution in [0.3, 0.4) is 0 Å². The van der Waals surface area contributed by atoms with Crippen LogP contribution in [0.4, 0.5) is 0 Å². The number of nitrogens with zero attached hydrogens (tertiary/aromatic N) is 1. The highest BCUT2D eigenvalue weighted by Crippen LogP contribution is 2.17. The lowest BCUT2D eigenvalue weighted by atomic mass is 10.1. The first kappa shape index (κ1) is 14.1. The molecule has 0 atom stereocenters. The Bertz CT molecular complexity index is 654. The van der Waals surface area contributed by atoms with E-state index in [1.54, 1.807) is 24.3 Å². The van der Waals surface area contributed by atoms with Gasteiger partial charge in [-0.1, -0.05) is 53.2 Å². The average Bonchev–Trinajstić information content (AvgIpc) is 2.48. The third-order valence-corrected chi connectivity index (χ3v) is 3.11. The molecule has 2 aromatic carbocycles. The molecule has 2 aromatic rings. The Hall–Kier alpha value is -2.33. The molecule has 20 heavy (non-hydrogen) atoms. The summed E-state index contributed by atoms with van der Waals surface area (Å²) in [6.07, 6.45) is 0. The topological polar surface area (TPSA) is 64.7 Å². The van der Waals surface area contributed by atoms with E-state index in [4.69, 9.17) is 22.2 Å². The molecule has 0 fully saturated rings. The number of oxime groups is 1. The number of rotatable bonds is 3. The summed E-state index contributed by atoms with van der Waals surface area (Å²) in [7, 11) is 0. The molecule has 2 rings (SSSR count). The van der Waals surface area contributed by atoms with Gasteiger partial charge in [0.05, 0.1) is 5.56 Å². The number of hydrogen-bond donors (Lipinski definition) is 1. The van der Waals surface area contributed by atoms with Crippen molar-refractivity contribution in [3.8, 4) is 0 Å². The first-order valence-corrected chi connectivity index (χ1v) is 6.32. The van der Waals surface area contributed by atoms with Gasteiger partial charge in [-0.2, -0.15) is 0 Å². The molecule has 0 spiro atoms. The van der Waals surface area contributed by atoms with Crippen LogP contribution in [0.2, 0.25) is 5.02 Å². The minimum absolute atomic E-state index is 0.136. The molecular weight excluding hydrogens is 276 g/mol. The van der Waals surface area contributed by atoms with Crippen molar-refractivity contribution < 1.29 is 9.63 Å². The Morgan fingerprint density at radius 2 is 1.85 bits per heavy atom. The lowest BCUT2D eigenvalue weighted by molar-refractivity contribution is 0.0516. The molecule has 0 amide bonds. The number of halogens is 1. The summed E-state index contributed by atoms with van der Waals surface area (Å²) in [6, 6.07) is 13.9. The Morgan fingerprint density at radius 3 is 2.50 bits per heavy atom. The predicted molar refractivity (Wildman–Crippen MR) is 78.8 cm³/mol. The Labute approximate surface area is 121 Å². The van der Waals surface area contributed by atoms with Gasteiger partial charge in [-0.25, -0.2) is 4.79 Å². The Kier molecular flexibility index (Phi) is 4.38. The maximum Gasteiger partial charge on any atom is 0.365 e. The van der Waals surface area contributed by atoms with Crippen molar-refractivity contribution in [3.63, 3.8) is 0 Å². The number of amidine groups is 1. The fourth-order valence-corrected chi connectivity index (χ4v) is 1.71. The fourth-order valence-electron chi connectivity index (χ4n) is 1.52. The Balaban J connectivity index is 2.10. The second-order valence-corrected chi connectivity index (χ2v) is 4.59. The number of benzene rings is 2. The van der Waals surface area contributed by atoms with E-state index in [2.05, 4.69) is 5.16 Å². The van der Waals surface area contributed by atoms with Crippen molar-refractivity contribution in [2.45, 2.75) is 6.92 Å². The molecule has 102 valence electrons. The summed E-state index contributed by atoms with van der Waals surface area (Å²) in [5, 5.41) is 4.12. The maximum absolute atomic E-state index is 11.8. The molecule has 4 nitrogen and oxygen atoms in total. The first-order chi connectivity index (χ1) is 9.58. The van der Waals surface area contributed by atoms with Crippen molar-refractivity contribution in [2.24, 2.45) is 10.9 Å². The van der Waals surface area contributed by atoms with Gasteiger partial charge in [-0.15, -0.1) is 0 Å². The molecule has 0 aromatic heterocycles. The van der Waals surface area contributed by atoms with Crippen molar-refractivity contribution in [1.82, 2.24) is 0 Å². The van der Waals surface area contributed by atoms with Gasteiger partial charge in [0.1, 0.15) is 0 Å². The van der Waals surface area contributed by atoms with Gasteiger partial charge >= 0.3 is 5.97 Å². The largest absolute Gasteiger partial charge is 0.380 e. The quantitative estimate of drug-likeness (QED) is 0.408. The van der Waals surface area contributed by atoms with Gasteiger partial charge in [0, 0.05) is 10.6 Å². The molecule has 5 heteroatoms. The monoisotopic (exact) mass is 288 g/mol. The van der Waals surface area contributed by atoms with Crippen LogP contribution >= 0.6 is 11.6 Å². The predicted octanol–water partition coefficient (Wildman–Crippen LogP) is 3.13. The first-order valence-electron chi connectivity index (χ1n) is 5.94. The van der Waals surface area contributed by atoms with E-state index >= 15 is 0 Å². The average molecular weight is 289 g/mol. The van der Waals surface area contributed by atoms with Gasteiger partial charge in [-0.05, 0) is 24.6 Å². The molecular formula is C15H13ClN2O2. The molecule has 0 heterocycles. The van der Waals surface area contributed by atoms with Crippen LogP contribution in [0.15, 0.2) is 53.7 Å². The highest BCUT2D eigenvalue weighted by Gasteiger charge is 2.09. The molecule has 0 aliphatic carbocycles. The SMILES string of the molecule is Cc1ccc(C(=O)O/N=C(\N)c2ccccc2)cc1Cl. The summed E-state index contributed by atoms with van der Waals surface area (Å²) in [4.78, 5) is 16.6. The van der Waals surface area contributed by atoms with Gasteiger partial charge < -0.3 is 10.6 Å². The van der Waals surface area contributed by atoms with Gasteiger partial charge in [0.15, 0.2) is 5.84 Å². The van der Waals surface area contributed by atoms with Crippen LogP contribution in [-0.2, 0) is 4.84 Å². The zero-order valence-corrected chi connectivity index (χ0v) is 11.6. The summed E-state index contributed by atoms with van der Waals surface area (Å²) in [5.74, 6) is -0.470. The van der Waals surface area contributed by atoms with Gasteiger partial charge in [-0.3, -0.25) is 0 Å². The zero-order valence-electron chi connectivity index (χ0n) is 10.8. The van der Waals surface area contributed by atoms with E-state index in [-0.39, 0.29) is 5.84 Å². The molecule has 0 unspecified atom stereocenters. The molecule has 0 saturated heterocycles. The minimum atomic E-state index is -0.606. The number of carbonyl (C=O) groups excluding carboxylic acids is 1. The zero-order chi connectivity index (χ0) is 14.5. The van der Waals surface area contributed by atoms with E-state index in [0.29, 0.717) is 16.1 Å². The molecule has 2 N–H and O–H groups in total. The van der Waals surface area contributed by atoms with Crippen LogP contribution < -0.4 is 5.73 Å². The molecule has 0 radical (unpaired) electrons. The highest BCUT2D eigenvalue weighted by atomic mass is 35.5. The van der Waals surface area contributed by atoms with E-state index in [9.17, 15) is 4.79 Å². The third kappa shape index (κ3) is 3.36. The van der Waals surface area contributed by atoms with Crippen molar-refractivity contribution in [3.05, 3.63) is 70.2 Å². The summed E-state index contributed by atoms with van der Waals surface area (Å²) in [6.45, 7) is 1.85. The lowest BCUT2D eigenvalue weighted by Crippen LogP contribution is -2.15. The molecule has 0 bridgehead atoms. The molecule has 0 aliphatic heterocycles. The van der Waals surface area contributed by atoms with Crippen molar-refractivity contribution in [1.29, 1.82) is 0 Å². The standard InChI is InChI=1S/C15H13ClN2O2/c1-10-7-8-12(9-13(10)16)15(19)20-18-14(17)11-5-3-2-4-6-11/h2-9H,1H3,(H2,17,18). The van der Waals surface area contributed by atoms with Crippen LogP contribution in [-0.4, -0.2) is 11.8 Å². The number of aryl methyl sites for hydroxylation is 1. The van der Waals surface area contributed by atoms with Crippen molar-refractivity contribution >= 4 is 23.4 Å². The van der Waals surface area contributed by atoms with E-state index in [1.165, 1.54) is 6.07 Å². The fraction of sp³-hybridized carbons (Fsp3) is 0.0667. The van der Waals surface area contributed by atoms with E-state index in [1.807, 2.05) is 25.1 Å². The smallest absolute Gasteiger partial charge is 0.365 e. The highest BCUT2D eigenvalue weighted by molar-refractivity contribution is 6.31. The van der Waals surface area contributed by atoms with E-state index < -0.39 is 5.97 Å². The third-order valence-electron chi connectivity index (χ3n) is 2.70. The molecule has 0 saturated carbocycles. The van der Waals surface area contributed by atoms with Gasteiger partial charge in [0.2, 0.25) is 0 Å². The van der Waals surface area contributed by atoms with Crippen LogP contribution in [0, 0.1) is 6.92 Å². The van der Waals surface area contributed by atoms with Gasteiger partial charge in [0.25, 0.3) is 0 Å². The van der Waals surface area contributed by atoms with Crippen LogP contribution in [0.25, 0.3) is 0 Å². The number of nitrogens with two attached hydrogens (primary N) is 1. The summed E-state index contributed by atoms with van der Waals surface area (Å²) in [5.41, 5.74) is 7.61. The number of hydrogen-bond acceptors (Lipinski definition) is 3. The van der Waals surface area contributed by atoms with Crippen LogP contribution in [0.5, 0.6) is 0 Å². The summed E-state index contributed by atoms with van der Waals surface area (Å²) >= 11 is 5.95. The molecule has 0 aliphatic rings. The normalized spacial score (nSPS) is 11.2. The second-order valence-electron chi connectivity index (χ2n) is 4.19. The lowest BCUT2D eigenvalue weighted by Gasteiger charge is -2.03. The van der Waals surface area contributed by atoms with Crippen molar-refractivity contribution in [2.75, 3.05) is 0 Å². The Morgan fingerprint density at radius 1 is 1.15 bits per heavy atom. The van der Waals surface area contributed by atoms with E-state index in [0.717, 1.165) is 5.56 Å². The second kappa shape index (κ2) is 6.21.